The second-order valence-electron chi connectivity index (χ2n) is 6.22. The Balaban J connectivity index is 1.64. The van der Waals surface area contributed by atoms with Gasteiger partial charge in [0.1, 0.15) is 5.75 Å². The molecule has 3 heteroatoms. The number of fused-ring (bicyclic) bond motifs is 5. The summed E-state index contributed by atoms with van der Waals surface area (Å²) in [5.41, 5.74) is 0.760. The Kier molecular flexibility index (Phi) is 2.57. The fourth-order valence-electron chi connectivity index (χ4n) is 4.73. The maximum Gasteiger partial charge on any atom is 0.170 e. The summed E-state index contributed by atoms with van der Waals surface area (Å²) < 4.78 is 6.30. The van der Waals surface area contributed by atoms with Crippen LogP contribution in [0.5, 0.6) is 5.75 Å². The van der Waals surface area contributed by atoms with E-state index in [9.17, 15) is 4.79 Å². The van der Waals surface area contributed by atoms with Gasteiger partial charge in [-0.3, -0.25) is 4.79 Å². The lowest BCUT2D eigenvalue weighted by molar-refractivity contribution is 0.0941. The molecular weight excluding hydrogens is 304 g/mol. The molecule has 1 aromatic carbocycles. The van der Waals surface area contributed by atoms with Gasteiger partial charge in [0.15, 0.2) is 5.78 Å². The van der Waals surface area contributed by atoms with Gasteiger partial charge in [0, 0.05) is 10.4 Å². The topological polar surface area (TPSA) is 26.3 Å². The van der Waals surface area contributed by atoms with E-state index in [-0.39, 0.29) is 5.92 Å². The molecule has 3 fully saturated rings. The van der Waals surface area contributed by atoms with Crippen molar-refractivity contribution in [2.45, 2.75) is 19.3 Å². The summed E-state index contributed by atoms with van der Waals surface area (Å²) in [5.74, 6) is 4.36. The number of hydrogen-bond acceptors (Lipinski definition) is 2. The average molecular weight is 321 g/mol. The van der Waals surface area contributed by atoms with E-state index in [1.807, 2.05) is 18.2 Å². The minimum atomic E-state index is 0.287. The highest BCUT2D eigenvalue weighted by molar-refractivity contribution is 9.10. The Morgan fingerprint density at radius 3 is 2.58 bits per heavy atom. The van der Waals surface area contributed by atoms with Gasteiger partial charge in [0.2, 0.25) is 0 Å². The number of rotatable bonds is 3. The van der Waals surface area contributed by atoms with Crippen molar-refractivity contribution in [3.63, 3.8) is 0 Å². The van der Waals surface area contributed by atoms with Crippen LogP contribution < -0.4 is 4.74 Å². The fourth-order valence-corrected chi connectivity index (χ4v) is 5.09. The van der Waals surface area contributed by atoms with Crippen molar-refractivity contribution < 1.29 is 9.53 Å². The molecule has 3 aliphatic carbocycles. The van der Waals surface area contributed by atoms with Crippen LogP contribution in [0, 0.1) is 29.6 Å². The minimum absolute atomic E-state index is 0.287. The van der Waals surface area contributed by atoms with Gasteiger partial charge in [-0.2, -0.15) is 0 Å². The van der Waals surface area contributed by atoms with Crippen LogP contribution in [0.1, 0.15) is 29.6 Å². The van der Waals surface area contributed by atoms with Crippen LogP contribution in [-0.4, -0.2) is 12.9 Å². The molecule has 19 heavy (non-hydrogen) atoms. The van der Waals surface area contributed by atoms with Gasteiger partial charge >= 0.3 is 0 Å². The summed E-state index contributed by atoms with van der Waals surface area (Å²) in [7, 11) is 1.64. The van der Waals surface area contributed by atoms with Crippen molar-refractivity contribution in [2.24, 2.45) is 29.6 Å². The first-order chi connectivity index (χ1) is 9.20. The molecule has 0 aromatic heterocycles. The van der Waals surface area contributed by atoms with E-state index in [1.165, 1.54) is 19.3 Å². The molecule has 100 valence electrons. The number of carbonyl (C=O) groups is 1. The quantitative estimate of drug-likeness (QED) is 0.789. The van der Waals surface area contributed by atoms with E-state index in [2.05, 4.69) is 15.9 Å². The molecule has 2 nitrogen and oxygen atoms in total. The molecular formula is C16H17BrO2. The highest BCUT2D eigenvalue weighted by Gasteiger charge is 2.67. The van der Waals surface area contributed by atoms with Crippen LogP contribution in [0.15, 0.2) is 22.7 Å². The Bertz CT molecular complexity index is 538. The number of ketones is 1. The normalized spacial score (nSPS) is 38.1. The predicted molar refractivity (Wildman–Crippen MR) is 76.3 cm³/mol. The molecule has 0 heterocycles. The second-order valence-corrected chi connectivity index (χ2v) is 7.14. The molecule has 0 spiro atoms. The van der Waals surface area contributed by atoms with Crippen LogP contribution in [0.4, 0.5) is 0 Å². The van der Waals surface area contributed by atoms with E-state index in [0.29, 0.717) is 23.4 Å². The standard InChI is InChI=1S/C16H17BrO2/c1-19-12-5-4-10(17)7-11(12)16(18)15-13-8-2-3-9(6-8)14(13)15/h4-5,7-9,13-15H,2-3,6H2,1H3. The van der Waals surface area contributed by atoms with Gasteiger partial charge in [-0.1, -0.05) is 15.9 Å². The van der Waals surface area contributed by atoms with Gasteiger partial charge < -0.3 is 4.74 Å². The molecule has 4 unspecified atom stereocenters. The maximum absolute atomic E-state index is 12.8. The molecule has 4 atom stereocenters. The number of ether oxygens (including phenoxy) is 1. The highest BCUT2D eigenvalue weighted by Crippen LogP contribution is 2.70. The van der Waals surface area contributed by atoms with Gasteiger partial charge in [0.05, 0.1) is 12.7 Å². The molecule has 0 radical (unpaired) electrons. The van der Waals surface area contributed by atoms with E-state index in [4.69, 9.17) is 4.74 Å². The van der Waals surface area contributed by atoms with Crippen LogP contribution in [0.2, 0.25) is 0 Å². The van der Waals surface area contributed by atoms with Crippen molar-refractivity contribution in [1.29, 1.82) is 0 Å². The van der Waals surface area contributed by atoms with Gasteiger partial charge in [0.25, 0.3) is 0 Å². The van der Waals surface area contributed by atoms with E-state index < -0.39 is 0 Å². The minimum Gasteiger partial charge on any atom is -0.496 e. The fraction of sp³-hybridized carbons (Fsp3) is 0.562. The zero-order chi connectivity index (χ0) is 13.1. The van der Waals surface area contributed by atoms with Gasteiger partial charge in [-0.05, 0) is 61.1 Å². The third-order valence-electron chi connectivity index (χ3n) is 5.47. The monoisotopic (exact) mass is 320 g/mol. The first kappa shape index (κ1) is 12.0. The van der Waals surface area contributed by atoms with Gasteiger partial charge in [-0.25, -0.2) is 0 Å². The lowest BCUT2D eigenvalue weighted by atomic mass is 9.96. The third-order valence-corrected chi connectivity index (χ3v) is 5.96. The SMILES string of the molecule is COc1ccc(Br)cc1C(=O)C1C2C3CCC(C3)C12. The molecule has 2 bridgehead atoms. The van der Waals surface area contributed by atoms with Crippen LogP contribution in [0.3, 0.4) is 0 Å². The number of Topliss-reactive ketones (excluding diaryl/α,β-unsaturated/α-hetero) is 1. The average Bonchev–Trinajstić information content (AvgIpc) is 2.85. The summed E-state index contributed by atoms with van der Waals surface area (Å²) in [6, 6.07) is 5.72. The zero-order valence-corrected chi connectivity index (χ0v) is 12.5. The Morgan fingerprint density at radius 1 is 1.26 bits per heavy atom. The van der Waals surface area contributed by atoms with Crippen LogP contribution >= 0.6 is 15.9 Å². The van der Waals surface area contributed by atoms with E-state index in [1.54, 1.807) is 7.11 Å². The summed E-state index contributed by atoms with van der Waals surface area (Å²) in [6.45, 7) is 0. The van der Waals surface area contributed by atoms with Crippen molar-refractivity contribution >= 4 is 21.7 Å². The summed E-state index contributed by atoms with van der Waals surface area (Å²) >= 11 is 3.45. The first-order valence-corrected chi connectivity index (χ1v) is 7.87. The molecule has 0 N–H and O–H groups in total. The smallest absolute Gasteiger partial charge is 0.170 e. The highest BCUT2D eigenvalue weighted by atomic mass is 79.9. The number of benzene rings is 1. The van der Waals surface area contributed by atoms with Crippen molar-refractivity contribution in [2.75, 3.05) is 7.11 Å². The van der Waals surface area contributed by atoms with Gasteiger partial charge in [-0.15, -0.1) is 0 Å². The number of carbonyl (C=O) groups excluding carboxylic acids is 1. The van der Waals surface area contributed by atoms with Crippen LogP contribution in [0.25, 0.3) is 0 Å². The summed E-state index contributed by atoms with van der Waals surface area (Å²) in [5, 5.41) is 0. The number of methoxy groups -OCH3 is 1. The molecule has 0 saturated heterocycles. The van der Waals surface area contributed by atoms with E-state index in [0.717, 1.165) is 21.9 Å². The Morgan fingerprint density at radius 2 is 1.95 bits per heavy atom. The number of hydrogen-bond donors (Lipinski definition) is 0. The summed E-state index contributed by atoms with van der Waals surface area (Å²) in [6.07, 6.45) is 4.09. The van der Waals surface area contributed by atoms with Crippen LogP contribution in [-0.2, 0) is 0 Å². The molecule has 4 rings (SSSR count). The molecule has 3 saturated carbocycles. The summed E-state index contributed by atoms with van der Waals surface area (Å²) in [4.78, 5) is 12.8. The first-order valence-electron chi connectivity index (χ1n) is 7.08. The van der Waals surface area contributed by atoms with Crippen molar-refractivity contribution in [3.8, 4) is 5.75 Å². The Labute approximate surface area is 121 Å². The van der Waals surface area contributed by atoms with Crippen molar-refractivity contribution in [1.82, 2.24) is 0 Å². The lowest BCUT2D eigenvalue weighted by Crippen LogP contribution is -2.11. The largest absolute Gasteiger partial charge is 0.496 e. The molecule has 3 aliphatic rings. The molecule has 0 aliphatic heterocycles. The third kappa shape index (κ3) is 1.63. The predicted octanol–water partition coefficient (Wildman–Crippen LogP) is 3.93. The number of halogens is 1. The van der Waals surface area contributed by atoms with Crippen molar-refractivity contribution in [3.05, 3.63) is 28.2 Å². The molecule has 0 amide bonds. The molecule has 1 aromatic rings. The second kappa shape index (κ2) is 4.08. The lowest BCUT2D eigenvalue weighted by Gasteiger charge is -2.11. The Hall–Kier alpha value is -0.830. The maximum atomic E-state index is 12.8. The van der Waals surface area contributed by atoms with E-state index >= 15 is 0 Å². The zero-order valence-electron chi connectivity index (χ0n) is 10.9.